The minimum absolute atomic E-state index is 0.196. The fraction of sp³-hybridized carbons (Fsp3) is 0.455. The Kier molecular flexibility index (Phi) is 4.42. The SMILES string of the molecule is CC(O)CC(C)Nc1cc(Br)ccc1N. The number of halogens is 1. The van der Waals surface area contributed by atoms with Crippen LogP contribution in [0.1, 0.15) is 20.3 Å². The van der Waals surface area contributed by atoms with Gasteiger partial charge in [-0.25, -0.2) is 0 Å². The van der Waals surface area contributed by atoms with Gasteiger partial charge in [-0.1, -0.05) is 15.9 Å². The molecule has 1 rings (SSSR count). The van der Waals surface area contributed by atoms with Gasteiger partial charge in [-0.3, -0.25) is 0 Å². The minimum atomic E-state index is -0.305. The minimum Gasteiger partial charge on any atom is -0.397 e. The Morgan fingerprint density at radius 1 is 1.47 bits per heavy atom. The molecule has 0 saturated heterocycles. The third kappa shape index (κ3) is 4.10. The zero-order chi connectivity index (χ0) is 11.4. The van der Waals surface area contributed by atoms with Gasteiger partial charge in [0.05, 0.1) is 17.5 Å². The lowest BCUT2D eigenvalue weighted by Crippen LogP contribution is -2.21. The Bertz CT molecular complexity index is 328. The molecule has 2 unspecified atom stereocenters. The van der Waals surface area contributed by atoms with Crippen LogP contribution in [0.25, 0.3) is 0 Å². The van der Waals surface area contributed by atoms with Crippen molar-refractivity contribution in [1.82, 2.24) is 0 Å². The summed E-state index contributed by atoms with van der Waals surface area (Å²) in [6.07, 6.45) is 0.396. The van der Waals surface area contributed by atoms with E-state index >= 15 is 0 Å². The number of aliphatic hydroxyl groups is 1. The summed E-state index contributed by atoms with van der Waals surface area (Å²) in [4.78, 5) is 0. The van der Waals surface area contributed by atoms with Crippen LogP contribution in [0.4, 0.5) is 11.4 Å². The smallest absolute Gasteiger partial charge is 0.0587 e. The number of nitrogens with two attached hydrogens (primary N) is 1. The van der Waals surface area contributed by atoms with E-state index in [0.717, 1.165) is 15.8 Å². The van der Waals surface area contributed by atoms with E-state index in [2.05, 4.69) is 21.2 Å². The topological polar surface area (TPSA) is 58.3 Å². The van der Waals surface area contributed by atoms with Crippen molar-refractivity contribution in [3.63, 3.8) is 0 Å². The predicted octanol–water partition coefficient (Wildman–Crippen LogP) is 2.60. The molecule has 4 heteroatoms. The fourth-order valence-corrected chi connectivity index (χ4v) is 1.85. The maximum Gasteiger partial charge on any atom is 0.0587 e. The highest BCUT2D eigenvalue weighted by Crippen LogP contribution is 2.24. The van der Waals surface area contributed by atoms with Gasteiger partial charge < -0.3 is 16.2 Å². The monoisotopic (exact) mass is 272 g/mol. The molecule has 3 nitrogen and oxygen atoms in total. The van der Waals surface area contributed by atoms with Crippen molar-refractivity contribution in [2.24, 2.45) is 0 Å². The normalized spacial score (nSPS) is 14.7. The summed E-state index contributed by atoms with van der Waals surface area (Å²) in [7, 11) is 0. The average molecular weight is 273 g/mol. The van der Waals surface area contributed by atoms with Gasteiger partial charge in [0.25, 0.3) is 0 Å². The molecule has 0 aliphatic heterocycles. The average Bonchev–Trinajstić information content (AvgIpc) is 2.10. The Hall–Kier alpha value is -0.740. The zero-order valence-electron chi connectivity index (χ0n) is 9.00. The Balaban J connectivity index is 2.67. The highest BCUT2D eigenvalue weighted by molar-refractivity contribution is 9.10. The number of rotatable bonds is 4. The van der Waals surface area contributed by atoms with Gasteiger partial charge in [-0.15, -0.1) is 0 Å². The largest absolute Gasteiger partial charge is 0.397 e. The van der Waals surface area contributed by atoms with E-state index in [0.29, 0.717) is 6.42 Å². The van der Waals surface area contributed by atoms with E-state index in [1.807, 2.05) is 25.1 Å². The molecular formula is C11H17BrN2O. The molecule has 0 saturated carbocycles. The van der Waals surface area contributed by atoms with E-state index in [9.17, 15) is 5.11 Å². The molecule has 0 spiro atoms. The standard InChI is InChI=1S/C11H17BrN2O/c1-7(5-8(2)15)14-11-6-9(12)3-4-10(11)13/h3-4,6-8,14-15H,5,13H2,1-2H3. The van der Waals surface area contributed by atoms with Crippen molar-refractivity contribution in [3.8, 4) is 0 Å². The Morgan fingerprint density at radius 2 is 2.13 bits per heavy atom. The molecule has 4 N–H and O–H groups in total. The number of hydrogen-bond donors (Lipinski definition) is 3. The molecule has 0 aliphatic rings. The second kappa shape index (κ2) is 5.37. The number of nitrogens with one attached hydrogen (secondary N) is 1. The molecule has 0 radical (unpaired) electrons. The van der Waals surface area contributed by atoms with E-state index in [-0.39, 0.29) is 12.1 Å². The molecule has 0 amide bonds. The molecule has 84 valence electrons. The number of anilines is 2. The number of benzene rings is 1. The Labute approximate surface area is 98.8 Å². The maximum atomic E-state index is 9.24. The molecular weight excluding hydrogens is 256 g/mol. The summed E-state index contributed by atoms with van der Waals surface area (Å²) < 4.78 is 0.989. The molecule has 15 heavy (non-hydrogen) atoms. The first-order valence-electron chi connectivity index (χ1n) is 4.98. The van der Waals surface area contributed by atoms with Crippen LogP contribution in [0.5, 0.6) is 0 Å². The molecule has 0 bridgehead atoms. The molecule has 0 aromatic heterocycles. The van der Waals surface area contributed by atoms with Crippen molar-refractivity contribution in [1.29, 1.82) is 0 Å². The van der Waals surface area contributed by atoms with Gasteiger partial charge in [-0.05, 0) is 38.5 Å². The summed E-state index contributed by atoms with van der Waals surface area (Å²) >= 11 is 3.39. The molecule has 2 atom stereocenters. The molecule has 0 heterocycles. The van der Waals surface area contributed by atoms with Crippen LogP contribution in [0, 0.1) is 0 Å². The third-order valence-corrected chi connectivity index (χ3v) is 2.61. The first-order chi connectivity index (χ1) is 6.99. The lowest BCUT2D eigenvalue weighted by Gasteiger charge is -2.18. The highest BCUT2D eigenvalue weighted by atomic mass is 79.9. The first-order valence-corrected chi connectivity index (χ1v) is 5.78. The van der Waals surface area contributed by atoms with E-state index in [1.54, 1.807) is 6.92 Å². The van der Waals surface area contributed by atoms with Crippen LogP contribution in [-0.2, 0) is 0 Å². The van der Waals surface area contributed by atoms with Crippen molar-refractivity contribution in [3.05, 3.63) is 22.7 Å². The van der Waals surface area contributed by atoms with Crippen molar-refractivity contribution in [2.75, 3.05) is 11.1 Å². The molecule has 0 aliphatic carbocycles. The van der Waals surface area contributed by atoms with Crippen LogP contribution >= 0.6 is 15.9 Å². The quantitative estimate of drug-likeness (QED) is 0.739. The number of hydrogen-bond acceptors (Lipinski definition) is 3. The van der Waals surface area contributed by atoms with Gasteiger partial charge in [-0.2, -0.15) is 0 Å². The first kappa shape index (κ1) is 12.3. The van der Waals surface area contributed by atoms with Gasteiger partial charge in [0.15, 0.2) is 0 Å². The Morgan fingerprint density at radius 3 is 2.73 bits per heavy atom. The van der Waals surface area contributed by atoms with Gasteiger partial charge in [0.1, 0.15) is 0 Å². The number of aliphatic hydroxyl groups excluding tert-OH is 1. The maximum absolute atomic E-state index is 9.24. The third-order valence-electron chi connectivity index (χ3n) is 2.11. The van der Waals surface area contributed by atoms with Gasteiger partial charge in [0, 0.05) is 10.5 Å². The van der Waals surface area contributed by atoms with Crippen LogP contribution in [0.2, 0.25) is 0 Å². The summed E-state index contributed by atoms with van der Waals surface area (Å²) in [5.74, 6) is 0. The van der Waals surface area contributed by atoms with Crippen LogP contribution in [0.3, 0.4) is 0 Å². The van der Waals surface area contributed by atoms with Crippen LogP contribution in [-0.4, -0.2) is 17.3 Å². The lowest BCUT2D eigenvalue weighted by molar-refractivity contribution is 0.179. The summed E-state index contributed by atoms with van der Waals surface area (Å²) in [6.45, 7) is 3.80. The van der Waals surface area contributed by atoms with Gasteiger partial charge in [0.2, 0.25) is 0 Å². The summed E-state index contributed by atoms with van der Waals surface area (Å²) in [6, 6.07) is 5.89. The van der Waals surface area contributed by atoms with Crippen molar-refractivity contribution >= 4 is 27.3 Å². The second-order valence-corrected chi connectivity index (χ2v) is 4.78. The zero-order valence-corrected chi connectivity index (χ0v) is 10.6. The fourth-order valence-electron chi connectivity index (χ4n) is 1.49. The summed E-state index contributed by atoms with van der Waals surface area (Å²) in [5.41, 5.74) is 7.44. The van der Waals surface area contributed by atoms with Crippen molar-refractivity contribution < 1.29 is 5.11 Å². The van der Waals surface area contributed by atoms with Crippen LogP contribution < -0.4 is 11.1 Å². The summed E-state index contributed by atoms with van der Waals surface area (Å²) in [5, 5.41) is 12.5. The molecule has 1 aromatic carbocycles. The van der Waals surface area contributed by atoms with E-state index < -0.39 is 0 Å². The van der Waals surface area contributed by atoms with E-state index in [1.165, 1.54) is 0 Å². The molecule has 0 fully saturated rings. The lowest BCUT2D eigenvalue weighted by atomic mass is 10.1. The molecule has 1 aromatic rings. The highest BCUT2D eigenvalue weighted by Gasteiger charge is 2.07. The predicted molar refractivity (Wildman–Crippen MR) is 67.9 cm³/mol. The van der Waals surface area contributed by atoms with Gasteiger partial charge >= 0.3 is 0 Å². The number of nitrogen functional groups attached to an aromatic ring is 1. The second-order valence-electron chi connectivity index (χ2n) is 3.86. The van der Waals surface area contributed by atoms with Crippen LogP contribution in [0.15, 0.2) is 22.7 Å². The van der Waals surface area contributed by atoms with Crippen molar-refractivity contribution in [2.45, 2.75) is 32.4 Å². The van der Waals surface area contributed by atoms with E-state index in [4.69, 9.17) is 5.73 Å².